The van der Waals surface area contributed by atoms with Gasteiger partial charge in [-0.25, -0.2) is 4.98 Å². The first kappa shape index (κ1) is 11.2. The van der Waals surface area contributed by atoms with Crippen molar-refractivity contribution in [3.05, 3.63) is 41.9 Å². The average molecular weight is 236 g/mol. The molecule has 0 N–H and O–H groups in total. The molecule has 1 aromatic heterocycles. The Kier molecular flexibility index (Phi) is 3.30. The quantitative estimate of drug-likeness (QED) is 0.745. The smallest absolute Gasteiger partial charge is 0.209 e. The van der Waals surface area contributed by atoms with Gasteiger partial charge in [0.15, 0.2) is 5.76 Å². The Hall–Kier alpha value is -1.28. The summed E-state index contributed by atoms with van der Waals surface area (Å²) in [4.78, 5) is 4.07. The van der Waals surface area contributed by atoms with Gasteiger partial charge in [-0.15, -0.1) is 11.6 Å². The Morgan fingerprint density at radius 2 is 1.94 bits per heavy atom. The molecule has 0 aliphatic carbocycles. The van der Waals surface area contributed by atoms with Crippen LogP contribution in [0, 0.1) is 0 Å². The summed E-state index contributed by atoms with van der Waals surface area (Å²) in [6.45, 7) is 4.35. The van der Waals surface area contributed by atoms with E-state index in [9.17, 15) is 0 Å². The highest BCUT2D eigenvalue weighted by Gasteiger charge is 2.06. The molecule has 0 fully saturated rings. The fraction of sp³-hybridized carbons (Fsp3) is 0.308. The summed E-state index contributed by atoms with van der Waals surface area (Å²) in [7, 11) is 0. The number of oxazole rings is 1. The fourth-order valence-corrected chi connectivity index (χ4v) is 1.66. The summed E-state index contributed by atoms with van der Waals surface area (Å²) in [5.74, 6) is 2.18. The van der Waals surface area contributed by atoms with Crippen LogP contribution in [0.1, 0.15) is 31.2 Å². The van der Waals surface area contributed by atoms with Crippen LogP contribution in [0.4, 0.5) is 0 Å². The lowest BCUT2D eigenvalue weighted by atomic mass is 10.0. The molecule has 16 heavy (non-hydrogen) atoms. The predicted molar refractivity (Wildman–Crippen MR) is 65.6 cm³/mol. The van der Waals surface area contributed by atoms with Crippen LogP contribution in [0.15, 0.2) is 34.9 Å². The van der Waals surface area contributed by atoms with Gasteiger partial charge in [0.1, 0.15) is 0 Å². The maximum Gasteiger partial charge on any atom is 0.209 e. The molecule has 0 atom stereocenters. The third-order valence-corrected chi connectivity index (χ3v) is 2.76. The lowest BCUT2D eigenvalue weighted by Crippen LogP contribution is -1.85. The van der Waals surface area contributed by atoms with Gasteiger partial charge in [0.2, 0.25) is 5.89 Å². The summed E-state index contributed by atoms with van der Waals surface area (Å²) >= 11 is 5.64. The van der Waals surface area contributed by atoms with Crippen molar-refractivity contribution in [2.75, 3.05) is 0 Å². The minimum absolute atomic E-state index is 0.310. The first-order valence-corrected chi connectivity index (χ1v) is 5.85. The molecule has 84 valence electrons. The molecule has 0 bridgehead atoms. The Morgan fingerprint density at radius 3 is 2.44 bits per heavy atom. The molecule has 0 aliphatic rings. The third kappa shape index (κ3) is 2.27. The van der Waals surface area contributed by atoms with Gasteiger partial charge in [-0.3, -0.25) is 0 Å². The van der Waals surface area contributed by atoms with Crippen molar-refractivity contribution in [2.24, 2.45) is 0 Å². The zero-order chi connectivity index (χ0) is 11.5. The normalized spacial score (nSPS) is 11.0. The second-order valence-corrected chi connectivity index (χ2v) is 4.30. The van der Waals surface area contributed by atoms with Gasteiger partial charge in [-0.1, -0.05) is 38.1 Å². The number of hydrogen-bond donors (Lipinski definition) is 0. The lowest BCUT2D eigenvalue weighted by molar-refractivity contribution is 0.528. The van der Waals surface area contributed by atoms with Gasteiger partial charge in [-0.2, -0.15) is 0 Å². The fourth-order valence-electron chi connectivity index (χ4n) is 1.54. The first-order chi connectivity index (χ1) is 7.70. The van der Waals surface area contributed by atoms with Gasteiger partial charge in [0.25, 0.3) is 0 Å². The van der Waals surface area contributed by atoms with Gasteiger partial charge < -0.3 is 4.42 Å². The van der Waals surface area contributed by atoms with Gasteiger partial charge in [-0.05, 0) is 11.5 Å². The monoisotopic (exact) mass is 235 g/mol. The van der Waals surface area contributed by atoms with E-state index < -0.39 is 0 Å². The molecule has 0 aliphatic heterocycles. The summed E-state index contributed by atoms with van der Waals surface area (Å²) < 4.78 is 5.48. The molecule has 2 aromatic rings. The zero-order valence-corrected chi connectivity index (χ0v) is 10.2. The van der Waals surface area contributed by atoms with Crippen LogP contribution in [-0.4, -0.2) is 4.98 Å². The molecular formula is C13H14ClNO. The molecule has 2 nitrogen and oxygen atoms in total. The zero-order valence-electron chi connectivity index (χ0n) is 9.40. The first-order valence-electron chi connectivity index (χ1n) is 5.31. The minimum Gasteiger partial charge on any atom is -0.439 e. The standard InChI is InChI=1S/C13H14ClNO/c1-9(2)10-3-5-11(6-4-10)12-8-15-13(7-14)16-12/h3-6,8-9H,7H2,1-2H3. The molecule has 0 amide bonds. The van der Waals surface area contributed by atoms with Crippen molar-refractivity contribution in [1.82, 2.24) is 4.98 Å². The second-order valence-electron chi connectivity index (χ2n) is 4.03. The van der Waals surface area contributed by atoms with Crippen LogP contribution in [0.3, 0.4) is 0 Å². The highest BCUT2D eigenvalue weighted by Crippen LogP contribution is 2.23. The molecule has 0 unspecified atom stereocenters. The van der Waals surface area contributed by atoms with Gasteiger partial charge in [0.05, 0.1) is 12.1 Å². The maximum absolute atomic E-state index is 5.64. The molecular weight excluding hydrogens is 222 g/mol. The number of halogens is 1. The molecule has 0 radical (unpaired) electrons. The average Bonchev–Trinajstić information content (AvgIpc) is 2.77. The Morgan fingerprint density at radius 1 is 1.25 bits per heavy atom. The second kappa shape index (κ2) is 4.71. The number of aromatic nitrogens is 1. The van der Waals surface area contributed by atoms with E-state index in [2.05, 4.69) is 31.0 Å². The van der Waals surface area contributed by atoms with E-state index >= 15 is 0 Å². The molecule has 1 aromatic carbocycles. The predicted octanol–water partition coefficient (Wildman–Crippen LogP) is 4.20. The highest BCUT2D eigenvalue weighted by atomic mass is 35.5. The molecule has 3 heteroatoms. The molecule has 0 saturated carbocycles. The topological polar surface area (TPSA) is 26.0 Å². The van der Waals surface area contributed by atoms with Crippen molar-refractivity contribution < 1.29 is 4.42 Å². The van der Waals surface area contributed by atoms with E-state index in [0.29, 0.717) is 17.7 Å². The van der Waals surface area contributed by atoms with Crippen molar-refractivity contribution in [3.63, 3.8) is 0 Å². The summed E-state index contributed by atoms with van der Waals surface area (Å²) in [5, 5.41) is 0. The van der Waals surface area contributed by atoms with Gasteiger partial charge in [0, 0.05) is 5.56 Å². The molecule has 0 saturated heterocycles. The number of hydrogen-bond acceptors (Lipinski definition) is 2. The Balaban J connectivity index is 2.27. The van der Waals surface area contributed by atoms with Crippen LogP contribution in [0.2, 0.25) is 0 Å². The highest BCUT2D eigenvalue weighted by molar-refractivity contribution is 6.16. The van der Waals surface area contributed by atoms with Crippen molar-refractivity contribution in [1.29, 1.82) is 0 Å². The Labute approximate surface area is 100 Å². The van der Waals surface area contributed by atoms with Gasteiger partial charge >= 0.3 is 0 Å². The van der Waals surface area contributed by atoms with Crippen LogP contribution in [-0.2, 0) is 5.88 Å². The van der Waals surface area contributed by atoms with E-state index in [1.807, 2.05) is 12.1 Å². The lowest BCUT2D eigenvalue weighted by Gasteiger charge is -2.05. The van der Waals surface area contributed by atoms with E-state index in [1.165, 1.54) is 5.56 Å². The largest absolute Gasteiger partial charge is 0.439 e. The van der Waals surface area contributed by atoms with Crippen LogP contribution < -0.4 is 0 Å². The van der Waals surface area contributed by atoms with Crippen LogP contribution >= 0.6 is 11.6 Å². The molecule has 2 rings (SSSR count). The van der Waals surface area contributed by atoms with E-state index in [0.717, 1.165) is 11.3 Å². The minimum atomic E-state index is 0.310. The SMILES string of the molecule is CC(C)c1ccc(-c2cnc(CCl)o2)cc1. The maximum atomic E-state index is 5.64. The van der Waals surface area contributed by atoms with Crippen molar-refractivity contribution in [2.45, 2.75) is 25.6 Å². The van der Waals surface area contributed by atoms with E-state index in [-0.39, 0.29) is 0 Å². The van der Waals surface area contributed by atoms with Crippen molar-refractivity contribution >= 4 is 11.6 Å². The molecule has 0 spiro atoms. The summed E-state index contributed by atoms with van der Waals surface area (Å²) in [6.07, 6.45) is 1.71. The summed E-state index contributed by atoms with van der Waals surface area (Å²) in [6, 6.07) is 8.33. The van der Waals surface area contributed by atoms with E-state index in [4.69, 9.17) is 16.0 Å². The summed E-state index contributed by atoms with van der Waals surface area (Å²) in [5.41, 5.74) is 2.36. The number of rotatable bonds is 3. The number of nitrogens with zero attached hydrogens (tertiary/aromatic N) is 1. The van der Waals surface area contributed by atoms with E-state index in [1.54, 1.807) is 6.20 Å². The third-order valence-electron chi connectivity index (χ3n) is 2.53. The van der Waals surface area contributed by atoms with Crippen LogP contribution in [0.25, 0.3) is 11.3 Å². The van der Waals surface area contributed by atoms with Crippen molar-refractivity contribution in [3.8, 4) is 11.3 Å². The Bertz CT molecular complexity index is 459. The van der Waals surface area contributed by atoms with Crippen LogP contribution in [0.5, 0.6) is 0 Å². The number of alkyl halides is 1. The number of benzene rings is 1. The molecule has 1 heterocycles.